The average Bonchev–Trinajstić information content (AvgIpc) is 2.89. The second-order valence-corrected chi connectivity index (χ2v) is 6.47. The van der Waals surface area contributed by atoms with Crippen molar-refractivity contribution in [2.45, 2.75) is 0 Å². The predicted octanol–water partition coefficient (Wildman–Crippen LogP) is 4.56. The SMILES string of the molecule is COc1ccc(Br)cc1/C=C1/N=C(c2ccccc2Br)OC1=O. The third-order valence-electron chi connectivity index (χ3n) is 3.21. The second-order valence-electron chi connectivity index (χ2n) is 4.70. The molecule has 1 aliphatic heterocycles. The maximum absolute atomic E-state index is 12.1. The van der Waals surface area contributed by atoms with E-state index in [9.17, 15) is 4.79 Å². The number of nitrogens with zero attached hydrogens (tertiary/aromatic N) is 1. The van der Waals surface area contributed by atoms with Gasteiger partial charge in [-0.3, -0.25) is 0 Å². The molecule has 4 nitrogen and oxygen atoms in total. The zero-order valence-electron chi connectivity index (χ0n) is 12.0. The first-order valence-corrected chi connectivity index (χ1v) is 8.28. The Labute approximate surface area is 150 Å². The Bertz CT molecular complexity index is 843. The minimum atomic E-state index is -0.488. The highest BCUT2D eigenvalue weighted by atomic mass is 79.9. The van der Waals surface area contributed by atoms with Crippen LogP contribution in [0.3, 0.4) is 0 Å². The zero-order valence-corrected chi connectivity index (χ0v) is 15.2. The number of cyclic esters (lactones) is 1. The fourth-order valence-electron chi connectivity index (χ4n) is 2.12. The van der Waals surface area contributed by atoms with E-state index in [1.54, 1.807) is 13.2 Å². The topological polar surface area (TPSA) is 47.9 Å². The van der Waals surface area contributed by atoms with Gasteiger partial charge in [0.05, 0.1) is 12.7 Å². The third-order valence-corrected chi connectivity index (χ3v) is 4.39. The van der Waals surface area contributed by atoms with Crippen LogP contribution in [0.1, 0.15) is 11.1 Å². The van der Waals surface area contributed by atoms with E-state index in [-0.39, 0.29) is 11.6 Å². The van der Waals surface area contributed by atoms with Crippen LogP contribution in [-0.4, -0.2) is 19.0 Å². The third kappa shape index (κ3) is 3.38. The summed E-state index contributed by atoms with van der Waals surface area (Å²) in [4.78, 5) is 16.4. The van der Waals surface area contributed by atoms with Gasteiger partial charge in [-0.1, -0.05) is 28.1 Å². The van der Waals surface area contributed by atoms with Crippen molar-refractivity contribution in [1.29, 1.82) is 0 Å². The fourth-order valence-corrected chi connectivity index (χ4v) is 2.96. The number of carbonyl (C=O) groups is 1. The zero-order chi connectivity index (χ0) is 16.4. The van der Waals surface area contributed by atoms with E-state index < -0.39 is 5.97 Å². The molecule has 0 atom stereocenters. The number of hydrogen-bond donors (Lipinski definition) is 0. The summed E-state index contributed by atoms with van der Waals surface area (Å²) in [6.45, 7) is 0. The molecule has 0 saturated heterocycles. The quantitative estimate of drug-likeness (QED) is 0.523. The number of methoxy groups -OCH3 is 1. The summed E-state index contributed by atoms with van der Waals surface area (Å²) < 4.78 is 12.3. The van der Waals surface area contributed by atoms with Crippen LogP contribution in [-0.2, 0) is 9.53 Å². The lowest BCUT2D eigenvalue weighted by atomic mass is 10.1. The summed E-state index contributed by atoms with van der Waals surface area (Å²) >= 11 is 6.83. The smallest absolute Gasteiger partial charge is 0.363 e. The Balaban J connectivity index is 2.02. The maximum atomic E-state index is 12.1. The molecule has 116 valence electrons. The summed E-state index contributed by atoms with van der Waals surface area (Å²) in [7, 11) is 1.58. The number of halogens is 2. The van der Waals surface area contributed by atoms with E-state index in [1.165, 1.54) is 0 Å². The van der Waals surface area contributed by atoms with E-state index in [0.717, 1.165) is 20.1 Å². The highest BCUT2D eigenvalue weighted by Crippen LogP contribution is 2.28. The Hall–Kier alpha value is -1.92. The van der Waals surface area contributed by atoms with Crippen molar-refractivity contribution in [3.05, 3.63) is 68.2 Å². The summed E-state index contributed by atoms with van der Waals surface area (Å²) in [6.07, 6.45) is 1.65. The van der Waals surface area contributed by atoms with Crippen molar-refractivity contribution in [3.63, 3.8) is 0 Å². The van der Waals surface area contributed by atoms with Gasteiger partial charge < -0.3 is 9.47 Å². The maximum Gasteiger partial charge on any atom is 0.363 e. The van der Waals surface area contributed by atoms with Crippen LogP contribution < -0.4 is 4.74 Å². The lowest BCUT2D eigenvalue weighted by Gasteiger charge is -2.04. The molecule has 2 aromatic rings. The van der Waals surface area contributed by atoms with Gasteiger partial charge >= 0.3 is 5.97 Å². The Kier molecular flexibility index (Phi) is 4.63. The molecule has 0 unspecified atom stereocenters. The second kappa shape index (κ2) is 6.68. The van der Waals surface area contributed by atoms with Crippen LogP contribution in [0.15, 0.2) is 62.1 Å². The van der Waals surface area contributed by atoms with Crippen molar-refractivity contribution in [2.24, 2.45) is 4.99 Å². The van der Waals surface area contributed by atoms with Crippen LogP contribution in [0, 0.1) is 0 Å². The van der Waals surface area contributed by atoms with Gasteiger partial charge in [0, 0.05) is 14.5 Å². The molecule has 0 bridgehead atoms. The Morgan fingerprint density at radius 3 is 2.70 bits per heavy atom. The first-order valence-electron chi connectivity index (χ1n) is 6.69. The van der Waals surface area contributed by atoms with E-state index in [4.69, 9.17) is 9.47 Å². The number of rotatable bonds is 3. The number of aliphatic imine (C=N–C) groups is 1. The first-order chi connectivity index (χ1) is 11.1. The van der Waals surface area contributed by atoms with Gasteiger partial charge in [-0.15, -0.1) is 0 Å². The molecule has 0 aromatic heterocycles. The first kappa shape index (κ1) is 16.0. The summed E-state index contributed by atoms with van der Waals surface area (Å²) in [5.74, 6) is 0.443. The van der Waals surface area contributed by atoms with E-state index >= 15 is 0 Å². The lowest BCUT2D eigenvalue weighted by molar-refractivity contribution is -0.129. The molecule has 0 amide bonds. The van der Waals surface area contributed by atoms with Crippen molar-refractivity contribution in [2.75, 3.05) is 7.11 Å². The molecule has 23 heavy (non-hydrogen) atoms. The number of ether oxygens (including phenoxy) is 2. The number of esters is 1. The van der Waals surface area contributed by atoms with Crippen LogP contribution in [0.5, 0.6) is 5.75 Å². The van der Waals surface area contributed by atoms with Crippen molar-refractivity contribution >= 4 is 49.8 Å². The highest BCUT2D eigenvalue weighted by molar-refractivity contribution is 9.10. The molecule has 3 rings (SSSR count). The lowest BCUT2D eigenvalue weighted by Crippen LogP contribution is -2.05. The average molecular weight is 437 g/mol. The molecule has 1 heterocycles. The number of hydrogen-bond acceptors (Lipinski definition) is 4. The molecule has 6 heteroatoms. The molecule has 0 spiro atoms. The minimum absolute atomic E-state index is 0.229. The van der Waals surface area contributed by atoms with Crippen LogP contribution in [0.2, 0.25) is 0 Å². The summed E-state index contributed by atoms with van der Waals surface area (Å²) in [6, 6.07) is 13.0. The van der Waals surface area contributed by atoms with Gasteiger partial charge in [0.2, 0.25) is 5.90 Å². The molecular weight excluding hydrogens is 426 g/mol. The molecule has 0 fully saturated rings. The van der Waals surface area contributed by atoms with Crippen molar-refractivity contribution in [1.82, 2.24) is 0 Å². The standard InChI is InChI=1S/C17H11Br2NO3/c1-22-15-7-6-11(18)8-10(15)9-14-17(21)23-16(20-14)12-4-2-3-5-13(12)19/h2-9H,1H3/b14-9+. The van der Waals surface area contributed by atoms with Gasteiger partial charge in [-0.25, -0.2) is 9.79 Å². The molecule has 0 saturated carbocycles. The normalized spacial score (nSPS) is 15.5. The van der Waals surface area contributed by atoms with Gasteiger partial charge in [0.25, 0.3) is 0 Å². The van der Waals surface area contributed by atoms with Crippen molar-refractivity contribution < 1.29 is 14.3 Å². The minimum Gasteiger partial charge on any atom is -0.496 e. The monoisotopic (exact) mass is 435 g/mol. The molecule has 1 aliphatic rings. The molecule has 0 aliphatic carbocycles. The largest absolute Gasteiger partial charge is 0.496 e. The van der Waals surface area contributed by atoms with Crippen molar-refractivity contribution in [3.8, 4) is 5.75 Å². The van der Waals surface area contributed by atoms with Gasteiger partial charge in [0.15, 0.2) is 5.70 Å². The van der Waals surface area contributed by atoms with Gasteiger partial charge in [-0.2, -0.15) is 0 Å². The van der Waals surface area contributed by atoms with Crippen LogP contribution >= 0.6 is 31.9 Å². The molecule has 0 radical (unpaired) electrons. The predicted molar refractivity (Wildman–Crippen MR) is 95.4 cm³/mol. The van der Waals surface area contributed by atoms with E-state index in [1.807, 2.05) is 42.5 Å². The summed E-state index contributed by atoms with van der Waals surface area (Å²) in [5.41, 5.74) is 1.70. The number of benzene rings is 2. The van der Waals surface area contributed by atoms with Crippen LogP contribution in [0.4, 0.5) is 0 Å². The molecule has 0 N–H and O–H groups in total. The van der Waals surface area contributed by atoms with Gasteiger partial charge in [0.1, 0.15) is 5.75 Å². The fraction of sp³-hybridized carbons (Fsp3) is 0.0588. The Morgan fingerprint density at radius 2 is 1.96 bits per heavy atom. The van der Waals surface area contributed by atoms with E-state index in [0.29, 0.717) is 5.75 Å². The van der Waals surface area contributed by atoms with Gasteiger partial charge in [-0.05, 0) is 52.3 Å². The molecule has 2 aromatic carbocycles. The number of carbonyl (C=O) groups excluding carboxylic acids is 1. The summed E-state index contributed by atoms with van der Waals surface area (Å²) in [5, 5.41) is 0. The van der Waals surface area contributed by atoms with E-state index in [2.05, 4.69) is 36.9 Å². The van der Waals surface area contributed by atoms with Crippen LogP contribution in [0.25, 0.3) is 6.08 Å². The highest BCUT2D eigenvalue weighted by Gasteiger charge is 2.25. The molecular formula is C17H11Br2NO3. The Morgan fingerprint density at radius 1 is 1.17 bits per heavy atom.